The van der Waals surface area contributed by atoms with E-state index in [0.29, 0.717) is 12.5 Å². The van der Waals surface area contributed by atoms with Crippen molar-refractivity contribution < 1.29 is 0 Å². The van der Waals surface area contributed by atoms with E-state index in [2.05, 4.69) is 49.7 Å². The Bertz CT molecular complexity index is 572. The van der Waals surface area contributed by atoms with Crippen LogP contribution in [0, 0.1) is 12.8 Å². The summed E-state index contributed by atoms with van der Waals surface area (Å²) in [5.74, 6) is 2.58. The van der Waals surface area contributed by atoms with Crippen molar-refractivity contribution in [3.05, 3.63) is 47.0 Å². The zero-order valence-corrected chi connectivity index (χ0v) is 13.3. The van der Waals surface area contributed by atoms with Crippen molar-refractivity contribution in [3.63, 3.8) is 0 Å². The van der Waals surface area contributed by atoms with Gasteiger partial charge < -0.3 is 5.73 Å². The first-order valence-corrected chi connectivity index (χ1v) is 7.77. The molecule has 0 unspecified atom stereocenters. The van der Waals surface area contributed by atoms with Crippen LogP contribution in [0.25, 0.3) is 0 Å². The second-order valence-electron chi connectivity index (χ2n) is 6.02. The first-order valence-electron chi connectivity index (χ1n) is 7.77. The van der Waals surface area contributed by atoms with Crippen LogP contribution >= 0.6 is 0 Å². The lowest BCUT2D eigenvalue weighted by atomic mass is 10.1. The van der Waals surface area contributed by atoms with Crippen molar-refractivity contribution in [1.82, 2.24) is 14.8 Å². The smallest absolute Gasteiger partial charge is 0.151 e. The molecule has 0 saturated carbocycles. The monoisotopic (exact) mass is 286 g/mol. The Morgan fingerprint density at radius 3 is 2.67 bits per heavy atom. The molecule has 0 bridgehead atoms. The molecular weight excluding hydrogens is 260 g/mol. The van der Waals surface area contributed by atoms with Gasteiger partial charge in [-0.15, -0.1) is 0 Å². The molecule has 0 fully saturated rings. The van der Waals surface area contributed by atoms with Crippen molar-refractivity contribution in [2.24, 2.45) is 11.7 Å². The second kappa shape index (κ2) is 7.36. The van der Waals surface area contributed by atoms with Gasteiger partial charge in [0.25, 0.3) is 0 Å². The van der Waals surface area contributed by atoms with E-state index >= 15 is 0 Å². The first-order chi connectivity index (χ1) is 10.1. The highest BCUT2D eigenvalue weighted by Crippen LogP contribution is 2.12. The lowest BCUT2D eigenvalue weighted by Crippen LogP contribution is -2.10. The molecule has 0 spiro atoms. The summed E-state index contributed by atoms with van der Waals surface area (Å²) >= 11 is 0. The number of hydrogen-bond donors (Lipinski definition) is 1. The molecule has 1 heterocycles. The molecule has 21 heavy (non-hydrogen) atoms. The molecule has 2 aromatic rings. The normalized spacial score (nSPS) is 11.3. The van der Waals surface area contributed by atoms with Gasteiger partial charge in [0.1, 0.15) is 5.82 Å². The van der Waals surface area contributed by atoms with Crippen LogP contribution in [0.4, 0.5) is 0 Å². The van der Waals surface area contributed by atoms with Gasteiger partial charge in [-0.25, -0.2) is 9.67 Å². The lowest BCUT2D eigenvalue weighted by Gasteiger charge is -2.08. The first kappa shape index (κ1) is 15.7. The Morgan fingerprint density at radius 1 is 1.24 bits per heavy atom. The molecule has 0 amide bonds. The molecule has 0 aliphatic carbocycles. The molecule has 0 saturated heterocycles. The predicted molar refractivity (Wildman–Crippen MR) is 86.2 cm³/mol. The van der Waals surface area contributed by atoms with Crippen molar-refractivity contribution in [3.8, 4) is 0 Å². The molecule has 0 aliphatic heterocycles. The Hall–Kier alpha value is -1.68. The highest BCUT2D eigenvalue weighted by molar-refractivity contribution is 5.25. The fourth-order valence-electron chi connectivity index (χ4n) is 2.40. The number of nitrogens with two attached hydrogens (primary N) is 1. The van der Waals surface area contributed by atoms with Crippen molar-refractivity contribution in [1.29, 1.82) is 0 Å². The number of hydrogen-bond acceptors (Lipinski definition) is 3. The third kappa shape index (κ3) is 4.39. The van der Waals surface area contributed by atoms with E-state index in [-0.39, 0.29) is 0 Å². The summed E-state index contributed by atoms with van der Waals surface area (Å²) < 4.78 is 2.05. The Morgan fingerprint density at radius 2 is 2.00 bits per heavy atom. The van der Waals surface area contributed by atoms with Crippen LogP contribution in [-0.4, -0.2) is 21.3 Å². The maximum atomic E-state index is 5.63. The van der Waals surface area contributed by atoms with Gasteiger partial charge >= 0.3 is 0 Å². The average molecular weight is 286 g/mol. The number of aromatic nitrogens is 3. The number of nitrogens with zero attached hydrogens (tertiary/aromatic N) is 3. The summed E-state index contributed by atoms with van der Waals surface area (Å²) in [4.78, 5) is 4.71. The predicted octanol–water partition coefficient (Wildman–Crippen LogP) is 2.72. The quantitative estimate of drug-likeness (QED) is 0.851. The number of aryl methyl sites for hydroxylation is 2. The van der Waals surface area contributed by atoms with Crippen LogP contribution < -0.4 is 5.73 Å². The highest BCUT2D eigenvalue weighted by Gasteiger charge is 2.12. The van der Waals surface area contributed by atoms with Gasteiger partial charge in [0.15, 0.2) is 5.82 Å². The van der Waals surface area contributed by atoms with Crippen molar-refractivity contribution in [2.75, 3.05) is 6.54 Å². The van der Waals surface area contributed by atoms with Gasteiger partial charge in [-0.3, -0.25) is 0 Å². The molecule has 0 radical (unpaired) electrons. The van der Waals surface area contributed by atoms with Crippen molar-refractivity contribution >= 4 is 0 Å². The molecule has 114 valence electrons. The van der Waals surface area contributed by atoms with Crippen LogP contribution in [-0.2, 0) is 19.4 Å². The largest absolute Gasteiger partial charge is 0.330 e. The van der Waals surface area contributed by atoms with Crippen LogP contribution in [0.15, 0.2) is 24.3 Å². The number of benzene rings is 1. The van der Waals surface area contributed by atoms with Gasteiger partial charge in [0.05, 0.1) is 6.54 Å². The maximum Gasteiger partial charge on any atom is 0.151 e. The molecule has 1 aromatic heterocycles. The fraction of sp³-hybridized carbons (Fsp3) is 0.529. The van der Waals surface area contributed by atoms with Crippen LogP contribution in [0.5, 0.6) is 0 Å². The third-order valence-corrected chi connectivity index (χ3v) is 3.57. The minimum Gasteiger partial charge on any atom is -0.330 e. The molecule has 4 heteroatoms. The van der Waals surface area contributed by atoms with E-state index in [9.17, 15) is 0 Å². The van der Waals surface area contributed by atoms with Crippen LogP contribution in [0.2, 0.25) is 0 Å². The van der Waals surface area contributed by atoms with Gasteiger partial charge in [-0.1, -0.05) is 38.1 Å². The van der Waals surface area contributed by atoms with Gasteiger partial charge in [-0.2, -0.15) is 5.10 Å². The van der Waals surface area contributed by atoms with Crippen LogP contribution in [0.3, 0.4) is 0 Å². The Kier molecular flexibility index (Phi) is 5.51. The van der Waals surface area contributed by atoms with Gasteiger partial charge in [0.2, 0.25) is 0 Å². The third-order valence-electron chi connectivity index (χ3n) is 3.57. The van der Waals surface area contributed by atoms with Crippen LogP contribution in [0.1, 0.15) is 43.0 Å². The SMILES string of the molecule is Cc1ccccc1Cn1nc(CC(C)C)nc1CCCN. The van der Waals surface area contributed by atoms with Crippen molar-refractivity contribution in [2.45, 2.75) is 46.6 Å². The summed E-state index contributed by atoms with van der Waals surface area (Å²) in [7, 11) is 0. The van der Waals surface area contributed by atoms with E-state index in [1.807, 2.05) is 0 Å². The van der Waals surface area contributed by atoms with E-state index < -0.39 is 0 Å². The summed E-state index contributed by atoms with van der Waals surface area (Å²) in [6.07, 6.45) is 2.78. The Labute approximate surface area is 127 Å². The minimum absolute atomic E-state index is 0.571. The molecule has 0 aliphatic rings. The molecule has 1 aromatic carbocycles. The minimum atomic E-state index is 0.571. The molecule has 2 rings (SSSR count). The van der Waals surface area contributed by atoms with E-state index in [1.54, 1.807) is 0 Å². The molecular formula is C17H26N4. The maximum absolute atomic E-state index is 5.63. The topological polar surface area (TPSA) is 56.7 Å². The summed E-state index contributed by atoms with van der Waals surface area (Å²) in [5.41, 5.74) is 8.23. The molecule has 0 atom stereocenters. The average Bonchev–Trinajstić information content (AvgIpc) is 2.80. The fourth-order valence-corrected chi connectivity index (χ4v) is 2.40. The van der Waals surface area contributed by atoms with E-state index in [0.717, 1.165) is 37.5 Å². The summed E-state index contributed by atoms with van der Waals surface area (Å²) in [6.45, 7) is 8.01. The van der Waals surface area contributed by atoms with E-state index in [1.165, 1.54) is 11.1 Å². The summed E-state index contributed by atoms with van der Waals surface area (Å²) in [6, 6.07) is 8.44. The van der Waals surface area contributed by atoms with Gasteiger partial charge in [0, 0.05) is 12.8 Å². The lowest BCUT2D eigenvalue weighted by molar-refractivity contribution is 0.593. The van der Waals surface area contributed by atoms with Gasteiger partial charge in [-0.05, 0) is 36.9 Å². The standard InChI is InChI=1S/C17H26N4/c1-13(2)11-16-19-17(9-6-10-18)21(20-16)12-15-8-5-4-7-14(15)3/h4-5,7-8,13H,6,9-12,18H2,1-3H3. The second-order valence-corrected chi connectivity index (χ2v) is 6.02. The van der Waals surface area contributed by atoms with E-state index in [4.69, 9.17) is 15.8 Å². The summed E-state index contributed by atoms with van der Waals surface area (Å²) in [5, 5.41) is 4.70. The Balaban J connectivity index is 2.23. The highest BCUT2D eigenvalue weighted by atomic mass is 15.3. The molecule has 2 N–H and O–H groups in total. The number of rotatable bonds is 7. The zero-order valence-electron chi connectivity index (χ0n) is 13.3. The molecule has 4 nitrogen and oxygen atoms in total. The zero-order chi connectivity index (χ0) is 15.2.